The van der Waals surface area contributed by atoms with Crippen molar-refractivity contribution < 1.29 is 13.2 Å². The third kappa shape index (κ3) is 5.24. The quantitative estimate of drug-likeness (QED) is 0.688. The summed E-state index contributed by atoms with van der Waals surface area (Å²) < 4.78 is 26.2. The van der Waals surface area contributed by atoms with Crippen molar-refractivity contribution in [3.63, 3.8) is 0 Å². The van der Waals surface area contributed by atoms with Crippen LogP contribution in [0, 0.1) is 0 Å². The third-order valence-corrected chi connectivity index (χ3v) is 6.18. The van der Waals surface area contributed by atoms with E-state index in [0.717, 1.165) is 5.56 Å². The smallest absolute Gasteiger partial charge is 0.223 e. The first-order valence-corrected chi connectivity index (χ1v) is 10.7. The Hall–Kier alpha value is -2.04. The highest BCUT2D eigenvalue weighted by Crippen LogP contribution is 2.24. The molecule has 3 rings (SSSR count). The van der Waals surface area contributed by atoms with Gasteiger partial charge in [-0.3, -0.25) is 4.79 Å². The number of nitrogens with zero attached hydrogens (tertiary/aromatic N) is 6. The predicted octanol–water partition coefficient (Wildman–Crippen LogP) is 0.604. The number of hydrogen-bond acceptors (Lipinski definition) is 6. The van der Waals surface area contributed by atoms with E-state index < -0.39 is 10.0 Å². The number of benzene rings is 1. The summed E-state index contributed by atoms with van der Waals surface area (Å²) in [7, 11) is -3.22. The number of hydrogen-bond donors (Lipinski definition) is 0. The molecule has 1 fully saturated rings. The molecular weight excluding hydrogens is 392 g/mol. The van der Waals surface area contributed by atoms with E-state index in [2.05, 4.69) is 15.5 Å². The maximum absolute atomic E-state index is 12.8. The van der Waals surface area contributed by atoms with Crippen LogP contribution in [0.4, 0.5) is 0 Å². The molecule has 2 heterocycles. The zero-order valence-electron chi connectivity index (χ0n) is 14.9. The van der Waals surface area contributed by atoms with Crippen LogP contribution in [-0.4, -0.2) is 76.2 Å². The second kappa shape index (κ2) is 8.32. The minimum Gasteiger partial charge on any atom is -0.340 e. The van der Waals surface area contributed by atoms with Gasteiger partial charge in [0.05, 0.1) is 12.8 Å². The molecule has 146 valence electrons. The molecular formula is C16H21ClN6O3S. The second-order valence-corrected chi connectivity index (χ2v) is 8.95. The number of aromatic nitrogens is 4. The average Bonchev–Trinajstić information content (AvgIpc) is 3.14. The van der Waals surface area contributed by atoms with E-state index >= 15 is 0 Å². The van der Waals surface area contributed by atoms with Crippen LogP contribution in [0.5, 0.6) is 0 Å². The summed E-state index contributed by atoms with van der Waals surface area (Å²) in [6, 6.07) is 7.37. The summed E-state index contributed by atoms with van der Waals surface area (Å²) in [5.41, 5.74) is 0.970. The minimum atomic E-state index is -3.22. The van der Waals surface area contributed by atoms with Gasteiger partial charge in [-0.1, -0.05) is 23.7 Å². The Morgan fingerprint density at radius 2 is 1.85 bits per heavy atom. The van der Waals surface area contributed by atoms with Gasteiger partial charge in [0.15, 0.2) is 0 Å². The molecule has 9 nitrogen and oxygen atoms in total. The third-order valence-electron chi connectivity index (χ3n) is 4.62. The summed E-state index contributed by atoms with van der Waals surface area (Å²) in [6.07, 6.45) is 2.98. The topological polar surface area (TPSA) is 101 Å². The summed E-state index contributed by atoms with van der Waals surface area (Å²) >= 11 is 5.97. The number of halogens is 1. The largest absolute Gasteiger partial charge is 0.340 e. The number of carbonyl (C=O) groups excluding carboxylic acids is 1. The summed E-state index contributed by atoms with van der Waals surface area (Å²) in [4.78, 5) is 14.5. The zero-order valence-corrected chi connectivity index (χ0v) is 16.5. The number of sulfonamides is 1. The monoisotopic (exact) mass is 412 g/mol. The lowest BCUT2D eigenvalue weighted by Gasteiger charge is -2.34. The molecule has 1 aliphatic rings. The second-order valence-electron chi connectivity index (χ2n) is 6.53. The summed E-state index contributed by atoms with van der Waals surface area (Å²) in [5, 5.41) is 11.8. The fraction of sp³-hybridized carbons (Fsp3) is 0.500. The minimum absolute atomic E-state index is 0.0174. The van der Waals surface area contributed by atoms with Crippen LogP contribution in [0.3, 0.4) is 0 Å². The SMILES string of the molecule is CS(=O)(=O)N1CCN(C(=O)C[C@@H](Cn2cnnn2)c2ccc(Cl)cc2)CC1. The number of amides is 1. The highest BCUT2D eigenvalue weighted by atomic mass is 35.5. The number of rotatable bonds is 6. The lowest BCUT2D eigenvalue weighted by Crippen LogP contribution is -2.50. The first-order valence-electron chi connectivity index (χ1n) is 8.52. The highest BCUT2D eigenvalue weighted by molar-refractivity contribution is 7.88. The van der Waals surface area contributed by atoms with Crippen molar-refractivity contribution in [1.82, 2.24) is 29.4 Å². The maximum Gasteiger partial charge on any atom is 0.223 e. The Balaban J connectivity index is 1.68. The first-order chi connectivity index (χ1) is 12.8. The molecule has 0 saturated carbocycles. The highest BCUT2D eigenvalue weighted by Gasteiger charge is 2.28. The molecule has 0 aliphatic carbocycles. The van der Waals surface area contributed by atoms with Crippen molar-refractivity contribution in [2.75, 3.05) is 32.4 Å². The number of piperazine rings is 1. The molecule has 0 unspecified atom stereocenters. The van der Waals surface area contributed by atoms with Crippen LogP contribution < -0.4 is 0 Å². The molecule has 11 heteroatoms. The molecule has 1 aliphatic heterocycles. The van der Waals surface area contributed by atoms with Crippen LogP contribution in [0.2, 0.25) is 5.02 Å². The molecule has 27 heavy (non-hydrogen) atoms. The lowest BCUT2D eigenvalue weighted by molar-refractivity contribution is -0.132. The fourth-order valence-corrected chi connectivity index (χ4v) is 4.07. The summed E-state index contributed by atoms with van der Waals surface area (Å²) in [6.45, 7) is 1.89. The number of carbonyl (C=O) groups is 1. The Kier molecular flexibility index (Phi) is 6.08. The van der Waals surface area contributed by atoms with Crippen molar-refractivity contribution in [3.8, 4) is 0 Å². The summed E-state index contributed by atoms with van der Waals surface area (Å²) in [5.74, 6) is -0.137. The molecule has 0 radical (unpaired) electrons. The van der Waals surface area contributed by atoms with Crippen molar-refractivity contribution in [2.24, 2.45) is 0 Å². The molecule has 0 N–H and O–H groups in total. The molecule has 1 amide bonds. The van der Waals surface area contributed by atoms with Gasteiger partial charge >= 0.3 is 0 Å². The molecule has 1 atom stereocenters. The van der Waals surface area contributed by atoms with E-state index in [-0.39, 0.29) is 18.2 Å². The van der Waals surface area contributed by atoms with E-state index in [4.69, 9.17) is 11.6 Å². The van der Waals surface area contributed by atoms with Crippen molar-refractivity contribution in [1.29, 1.82) is 0 Å². The van der Waals surface area contributed by atoms with Gasteiger partial charge in [-0.15, -0.1) is 5.10 Å². The predicted molar refractivity (Wildman–Crippen MR) is 99.6 cm³/mol. The van der Waals surface area contributed by atoms with Crippen molar-refractivity contribution in [3.05, 3.63) is 41.2 Å². The molecule has 1 aromatic carbocycles. The van der Waals surface area contributed by atoms with E-state index in [0.29, 0.717) is 37.7 Å². The molecule has 2 aromatic rings. The Morgan fingerprint density at radius 1 is 1.19 bits per heavy atom. The van der Waals surface area contributed by atoms with Gasteiger partial charge < -0.3 is 4.90 Å². The van der Waals surface area contributed by atoms with Crippen LogP contribution in [0.15, 0.2) is 30.6 Å². The van der Waals surface area contributed by atoms with E-state index in [1.165, 1.54) is 16.9 Å². The van der Waals surface area contributed by atoms with Gasteiger partial charge in [-0.05, 0) is 28.1 Å². The van der Waals surface area contributed by atoms with Gasteiger partial charge in [0, 0.05) is 43.5 Å². The van der Waals surface area contributed by atoms with E-state index in [1.54, 1.807) is 21.7 Å². The van der Waals surface area contributed by atoms with Crippen LogP contribution in [-0.2, 0) is 21.4 Å². The van der Waals surface area contributed by atoms with Crippen LogP contribution in [0.25, 0.3) is 0 Å². The van der Waals surface area contributed by atoms with Crippen molar-refractivity contribution in [2.45, 2.75) is 18.9 Å². The van der Waals surface area contributed by atoms with Gasteiger partial charge in [-0.25, -0.2) is 13.1 Å². The van der Waals surface area contributed by atoms with E-state index in [1.807, 2.05) is 12.1 Å². The zero-order chi connectivity index (χ0) is 19.4. The average molecular weight is 413 g/mol. The molecule has 1 saturated heterocycles. The molecule has 0 bridgehead atoms. The van der Waals surface area contributed by atoms with Crippen molar-refractivity contribution >= 4 is 27.5 Å². The van der Waals surface area contributed by atoms with Gasteiger partial charge in [0.25, 0.3) is 0 Å². The van der Waals surface area contributed by atoms with Crippen LogP contribution >= 0.6 is 11.6 Å². The van der Waals surface area contributed by atoms with Gasteiger partial charge in [0.1, 0.15) is 6.33 Å². The van der Waals surface area contributed by atoms with Gasteiger partial charge in [-0.2, -0.15) is 4.31 Å². The molecule has 1 aromatic heterocycles. The Morgan fingerprint density at radius 3 is 2.41 bits per heavy atom. The van der Waals surface area contributed by atoms with E-state index in [9.17, 15) is 13.2 Å². The Bertz CT molecular complexity index is 864. The fourth-order valence-electron chi connectivity index (χ4n) is 3.12. The number of tetrazole rings is 1. The standard InChI is InChI=1S/C16H21ClN6O3S/c1-27(25,26)23-8-6-21(7-9-23)16(24)10-14(11-22-12-18-19-20-22)13-2-4-15(17)5-3-13/h2-5,12,14H,6-11H2,1H3/t14-/m0/s1. The first kappa shape index (κ1) is 19.7. The van der Waals surface area contributed by atoms with Gasteiger partial charge in [0.2, 0.25) is 15.9 Å². The normalized spacial score (nSPS) is 17.0. The maximum atomic E-state index is 12.8. The lowest BCUT2D eigenvalue weighted by atomic mass is 9.95. The van der Waals surface area contributed by atoms with Crippen LogP contribution in [0.1, 0.15) is 17.9 Å². The molecule has 0 spiro atoms. The Labute approximate surface area is 162 Å².